The quantitative estimate of drug-likeness (QED) is 0.463. The Labute approximate surface area is 143 Å². The Bertz CT molecular complexity index is 520. The molecule has 22 heavy (non-hydrogen) atoms. The Morgan fingerprint density at radius 3 is 1.32 bits per heavy atom. The van der Waals surface area contributed by atoms with E-state index in [1.54, 1.807) is 0 Å². The molecule has 116 valence electrons. The van der Waals surface area contributed by atoms with Crippen LogP contribution in [0.4, 0.5) is 0 Å². The molecule has 0 atom stereocenters. The van der Waals surface area contributed by atoms with Gasteiger partial charge in [-0.2, -0.15) is 0 Å². The van der Waals surface area contributed by atoms with Crippen LogP contribution in [-0.2, 0) is 0 Å². The number of allylic oxidation sites excluding steroid dienone is 2. The molecule has 0 amide bonds. The molecule has 0 spiro atoms. The molecule has 0 unspecified atom stereocenters. The SMILES string of the molecule is CCC/C(Sc1ccccc1)=C(\CCC)Sc1ccccc1. The summed E-state index contributed by atoms with van der Waals surface area (Å²) >= 11 is 3.88. The van der Waals surface area contributed by atoms with Crippen LogP contribution < -0.4 is 0 Å². The second-order valence-corrected chi connectivity index (χ2v) is 7.51. The van der Waals surface area contributed by atoms with Gasteiger partial charge in [0.1, 0.15) is 0 Å². The summed E-state index contributed by atoms with van der Waals surface area (Å²) in [5, 5.41) is 0. The second kappa shape index (κ2) is 9.81. The zero-order valence-electron chi connectivity index (χ0n) is 13.4. The summed E-state index contributed by atoms with van der Waals surface area (Å²) < 4.78 is 0. The van der Waals surface area contributed by atoms with Gasteiger partial charge >= 0.3 is 0 Å². The Morgan fingerprint density at radius 2 is 1.00 bits per heavy atom. The predicted octanol–water partition coefficient (Wildman–Crippen LogP) is 7.38. The predicted molar refractivity (Wildman–Crippen MR) is 101 cm³/mol. The average Bonchev–Trinajstić information content (AvgIpc) is 2.56. The number of hydrogen-bond acceptors (Lipinski definition) is 2. The molecule has 0 heterocycles. The summed E-state index contributed by atoms with van der Waals surface area (Å²) in [6, 6.07) is 21.5. The summed E-state index contributed by atoms with van der Waals surface area (Å²) in [5.41, 5.74) is 0. The van der Waals surface area contributed by atoms with Crippen LogP contribution in [0.1, 0.15) is 39.5 Å². The Morgan fingerprint density at radius 1 is 0.636 bits per heavy atom. The van der Waals surface area contributed by atoms with E-state index in [4.69, 9.17) is 0 Å². The molecule has 0 saturated carbocycles. The van der Waals surface area contributed by atoms with Crippen molar-refractivity contribution >= 4 is 23.5 Å². The molecule has 0 fully saturated rings. The van der Waals surface area contributed by atoms with Gasteiger partial charge in [0, 0.05) is 9.79 Å². The lowest BCUT2D eigenvalue weighted by atomic mass is 10.2. The topological polar surface area (TPSA) is 0 Å². The molecule has 0 aliphatic rings. The highest BCUT2D eigenvalue weighted by molar-refractivity contribution is 8.06. The molecule has 0 radical (unpaired) electrons. The van der Waals surface area contributed by atoms with Gasteiger partial charge in [-0.15, -0.1) is 0 Å². The van der Waals surface area contributed by atoms with Crippen LogP contribution in [0.25, 0.3) is 0 Å². The minimum Gasteiger partial charge on any atom is -0.0937 e. The van der Waals surface area contributed by atoms with E-state index >= 15 is 0 Å². The van der Waals surface area contributed by atoms with Gasteiger partial charge in [-0.25, -0.2) is 0 Å². The van der Waals surface area contributed by atoms with Crippen LogP contribution in [-0.4, -0.2) is 0 Å². The van der Waals surface area contributed by atoms with Crippen molar-refractivity contribution in [2.75, 3.05) is 0 Å². The summed E-state index contributed by atoms with van der Waals surface area (Å²) in [5.74, 6) is 0. The molecule has 2 heteroatoms. The highest BCUT2D eigenvalue weighted by Gasteiger charge is 2.10. The van der Waals surface area contributed by atoms with Gasteiger partial charge in [-0.1, -0.05) is 86.6 Å². The summed E-state index contributed by atoms with van der Waals surface area (Å²) in [7, 11) is 0. The van der Waals surface area contributed by atoms with Crippen LogP contribution in [0, 0.1) is 0 Å². The van der Waals surface area contributed by atoms with E-state index in [9.17, 15) is 0 Å². The molecule has 0 aliphatic carbocycles. The first kappa shape index (κ1) is 17.2. The van der Waals surface area contributed by atoms with Crippen molar-refractivity contribution < 1.29 is 0 Å². The van der Waals surface area contributed by atoms with Gasteiger partial charge in [0.15, 0.2) is 0 Å². The van der Waals surface area contributed by atoms with Gasteiger partial charge in [0.25, 0.3) is 0 Å². The highest BCUT2D eigenvalue weighted by atomic mass is 32.2. The molecule has 0 N–H and O–H groups in total. The maximum absolute atomic E-state index is 2.27. The van der Waals surface area contributed by atoms with Crippen LogP contribution in [0.15, 0.2) is 80.3 Å². The Kier molecular flexibility index (Phi) is 7.68. The number of benzene rings is 2. The van der Waals surface area contributed by atoms with Crippen molar-refractivity contribution in [2.45, 2.75) is 49.3 Å². The maximum atomic E-state index is 2.27. The molecule has 0 aliphatic heterocycles. The zero-order chi connectivity index (χ0) is 15.6. The van der Waals surface area contributed by atoms with Gasteiger partial charge in [-0.3, -0.25) is 0 Å². The van der Waals surface area contributed by atoms with Crippen molar-refractivity contribution in [1.82, 2.24) is 0 Å². The standard InChI is InChI=1S/C20H24S2/c1-3-11-19(21-17-13-7-5-8-14-17)20(12-4-2)22-18-15-9-6-10-16-18/h5-10,13-16H,3-4,11-12H2,1-2H3/b20-19-. The van der Waals surface area contributed by atoms with Crippen LogP contribution >= 0.6 is 23.5 Å². The first-order chi connectivity index (χ1) is 10.8. The summed E-state index contributed by atoms with van der Waals surface area (Å²) in [6.07, 6.45) is 4.71. The third kappa shape index (κ3) is 5.58. The second-order valence-electron chi connectivity index (χ2n) is 5.18. The fourth-order valence-corrected chi connectivity index (χ4v) is 4.66. The molecule has 2 aromatic carbocycles. The summed E-state index contributed by atoms with van der Waals surface area (Å²) in [4.78, 5) is 5.75. The lowest BCUT2D eigenvalue weighted by Gasteiger charge is -2.14. The molecule has 2 aromatic rings. The minimum absolute atomic E-state index is 1.16. The van der Waals surface area contributed by atoms with E-state index in [-0.39, 0.29) is 0 Å². The lowest BCUT2D eigenvalue weighted by Crippen LogP contribution is -1.87. The Hall–Kier alpha value is -1.12. The smallest absolute Gasteiger partial charge is 0.0119 e. The first-order valence-electron chi connectivity index (χ1n) is 8.01. The normalized spacial score (nSPS) is 12.1. The first-order valence-corrected chi connectivity index (χ1v) is 9.64. The molecule has 2 rings (SSSR count). The third-order valence-electron chi connectivity index (χ3n) is 3.23. The molecular weight excluding hydrogens is 304 g/mol. The van der Waals surface area contributed by atoms with Gasteiger partial charge in [0.2, 0.25) is 0 Å². The molecule has 0 nitrogen and oxygen atoms in total. The number of hydrogen-bond donors (Lipinski definition) is 0. The fraction of sp³-hybridized carbons (Fsp3) is 0.300. The van der Waals surface area contributed by atoms with Gasteiger partial charge in [-0.05, 0) is 46.9 Å². The van der Waals surface area contributed by atoms with E-state index in [1.807, 2.05) is 23.5 Å². The largest absolute Gasteiger partial charge is 0.0937 e. The zero-order valence-corrected chi connectivity index (χ0v) is 15.1. The molecule has 0 bridgehead atoms. The van der Waals surface area contributed by atoms with Crippen LogP contribution in [0.2, 0.25) is 0 Å². The van der Waals surface area contributed by atoms with Crippen molar-refractivity contribution in [3.05, 3.63) is 70.5 Å². The molecular formula is C20H24S2. The molecule has 0 saturated heterocycles. The van der Waals surface area contributed by atoms with Gasteiger partial charge in [0.05, 0.1) is 0 Å². The monoisotopic (exact) mass is 328 g/mol. The van der Waals surface area contributed by atoms with E-state index in [0.29, 0.717) is 0 Å². The Balaban J connectivity index is 2.25. The van der Waals surface area contributed by atoms with Gasteiger partial charge < -0.3 is 0 Å². The third-order valence-corrected chi connectivity index (χ3v) is 5.77. The fourth-order valence-electron chi connectivity index (χ4n) is 2.21. The van der Waals surface area contributed by atoms with E-state index in [2.05, 4.69) is 74.5 Å². The van der Waals surface area contributed by atoms with Crippen LogP contribution in [0.3, 0.4) is 0 Å². The van der Waals surface area contributed by atoms with Crippen molar-refractivity contribution in [3.63, 3.8) is 0 Å². The van der Waals surface area contributed by atoms with E-state index in [0.717, 1.165) is 12.8 Å². The average molecular weight is 329 g/mol. The lowest BCUT2D eigenvalue weighted by molar-refractivity contribution is 0.903. The van der Waals surface area contributed by atoms with E-state index in [1.165, 1.54) is 32.4 Å². The number of rotatable bonds is 8. The van der Waals surface area contributed by atoms with Crippen LogP contribution in [0.5, 0.6) is 0 Å². The highest BCUT2D eigenvalue weighted by Crippen LogP contribution is 2.40. The van der Waals surface area contributed by atoms with E-state index < -0.39 is 0 Å². The maximum Gasteiger partial charge on any atom is 0.0119 e. The summed E-state index contributed by atoms with van der Waals surface area (Å²) in [6.45, 7) is 4.53. The van der Waals surface area contributed by atoms with Crippen molar-refractivity contribution in [2.24, 2.45) is 0 Å². The van der Waals surface area contributed by atoms with Crippen molar-refractivity contribution in [3.8, 4) is 0 Å². The molecule has 0 aromatic heterocycles. The number of thioether (sulfide) groups is 2. The minimum atomic E-state index is 1.16. The van der Waals surface area contributed by atoms with Crippen molar-refractivity contribution in [1.29, 1.82) is 0 Å².